The fraction of sp³-hybridized carbons (Fsp3) is 0.208. The average molecular weight is 434 g/mol. The molecule has 31 heavy (non-hydrogen) atoms. The maximum atomic E-state index is 12.6. The second-order valence-electron chi connectivity index (χ2n) is 7.94. The van der Waals surface area contributed by atoms with Crippen LogP contribution in [-0.2, 0) is 21.2 Å². The van der Waals surface area contributed by atoms with Crippen molar-refractivity contribution in [3.8, 4) is 0 Å². The molecule has 7 heteroatoms. The van der Waals surface area contributed by atoms with Crippen molar-refractivity contribution in [2.24, 2.45) is 0 Å². The lowest BCUT2D eigenvalue weighted by Crippen LogP contribution is -2.18. The number of hydrogen-bond donors (Lipinski definition) is 3. The van der Waals surface area contributed by atoms with Gasteiger partial charge in [-0.15, -0.1) is 0 Å². The Morgan fingerprint density at radius 1 is 1.10 bits per heavy atom. The number of nitrogens with one attached hydrogen (secondary N) is 3. The van der Waals surface area contributed by atoms with E-state index >= 15 is 0 Å². The molecule has 2 heterocycles. The van der Waals surface area contributed by atoms with E-state index in [0.717, 1.165) is 25.0 Å². The second kappa shape index (κ2) is 7.51. The van der Waals surface area contributed by atoms with Gasteiger partial charge in [0.1, 0.15) is 0 Å². The van der Waals surface area contributed by atoms with Crippen LogP contribution in [0.4, 0.5) is 5.69 Å². The summed E-state index contributed by atoms with van der Waals surface area (Å²) in [6.45, 7) is 0. The molecule has 1 aliphatic heterocycles. The number of amides is 1. The van der Waals surface area contributed by atoms with Crippen molar-refractivity contribution < 1.29 is 13.2 Å². The first kappa shape index (κ1) is 19.8. The van der Waals surface area contributed by atoms with Crippen molar-refractivity contribution in [1.29, 1.82) is 0 Å². The van der Waals surface area contributed by atoms with Crippen LogP contribution in [0.25, 0.3) is 11.6 Å². The number of aryl methyl sites for hydroxylation is 1. The van der Waals surface area contributed by atoms with Crippen LogP contribution in [0.5, 0.6) is 0 Å². The topological polar surface area (TPSA) is 91.1 Å². The minimum atomic E-state index is -3.60. The largest absolute Gasteiger partial charge is 0.359 e. The van der Waals surface area contributed by atoms with Gasteiger partial charge in [0, 0.05) is 28.6 Å². The molecule has 1 aliphatic carbocycles. The third-order valence-corrected chi connectivity index (χ3v) is 7.52. The van der Waals surface area contributed by atoms with E-state index in [1.165, 1.54) is 29.9 Å². The molecule has 6 nitrogen and oxygen atoms in total. The number of benzene rings is 2. The lowest BCUT2D eigenvalue weighted by atomic mass is 9.82. The zero-order valence-electron chi connectivity index (χ0n) is 17.1. The Bertz CT molecular complexity index is 1310. The Hall–Kier alpha value is -3.16. The van der Waals surface area contributed by atoms with Crippen molar-refractivity contribution in [2.75, 3.05) is 12.4 Å². The number of H-pyrrole nitrogens is 1. The van der Waals surface area contributed by atoms with Crippen LogP contribution in [0, 0.1) is 0 Å². The fourth-order valence-corrected chi connectivity index (χ4v) is 5.31. The Morgan fingerprint density at radius 3 is 2.68 bits per heavy atom. The van der Waals surface area contributed by atoms with Crippen LogP contribution in [0.2, 0.25) is 0 Å². The van der Waals surface area contributed by atoms with Gasteiger partial charge in [0.15, 0.2) is 0 Å². The number of sulfonamides is 1. The van der Waals surface area contributed by atoms with E-state index < -0.39 is 10.0 Å². The number of rotatable bonds is 4. The van der Waals surface area contributed by atoms with Gasteiger partial charge >= 0.3 is 0 Å². The number of carbonyl (C=O) groups excluding carboxylic acids is 1. The van der Waals surface area contributed by atoms with Gasteiger partial charge in [0.2, 0.25) is 10.0 Å². The summed E-state index contributed by atoms with van der Waals surface area (Å²) < 4.78 is 26.7. The van der Waals surface area contributed by atoms with E-state index in [0.29, 0.717) is 22.7 Å². The number of fused-ring (bicyclic) bond motifs is 2. The van der Waals surface area contributed by atoms with Crippen LogP contribution in [-0.4, -0.2) is 26.4 Å². The molecule has 3 N–H and O–H groups in total. The molecule has 0 fully saturated rings. The molecule has 2 aliphatic rings. The van der Waals surface area contributed by atoms with Crippen molar-refractivity contribution in [2.45, 2.75) is 30.1 Å². The fourth-order valence-electron chi connectivity index (χ4n) is 4.55. The number of hydrogen-bond acceptors (Lipinski definition) is 3. The predicted octanol–water partition coefficient (Wildman–Crippen LogP) is 3.88. The molecule has 158 valence electrons. The van der Waals surface area contributed by atoms with E-state index in [1.54, 1.807) is 12.1 Å². The molecule has 1 aromatic heterocycles. The highest BCUT2D eigenvalue weighted by Crippen LogP contribution is 2.39. The molecule has 0 saturated heterocycles. The number of aromatic nitrogens is 1. The van der Waals surface area contributed by atoms with Crippen molar-refractivity contribution in [3.05, 3.63) is 82.7 Å². The van der Waals surface area contributed by atoms with Gasteiger partial charge in [-0.05, 0) is 67.8 Å². The van der Waals surface area contributed by atoms with Gasteiger partial charge < -0.3 is 10.3 Å². The molecule has 3 aromatic rings. The van der Waals surface area contributed by atoms with E-state index in [-0.39, 0.29) is 10.8 Å². The molecule has 0 spiro atoms. The third-order valence-electron chi connectivity index (χ3n) is 6.10. The van der Waals surface area contributed by atoms with Gasteiger partial charge in [-0.25, -0.2) is 13.1 Å². The summed E-state index contributed by atoms with van der Waals surface area (Å²) in [6.07, 6.45) is 5.00. The summed E-state index contributed by atoms with van der Waals surface area (Å²) in [6, 6.07) is 17.3. The number of anilines is 1. The van der Waals surface area contributed by atoms with Crippen molar-refractivity contribution >= 4 is 33.3 Å². The summed E-state index contributed by atoms with van der Waals surface area (Å²) in [5.74, 6) is 0.103. The first-order chi connectivity index (χ1) is 15.0. The standard InChI is InChI=1S/C24H23N3O3S/c1-25-31(29,30)17-10-11-23-20(14-17)21(24(28)27-23)13-16-12-19-18(8-5-9-22(19)26-16)15-6-3-2-4-7-15/h2-4,6-7,10-14,18,25-26H,5,8-9H2,1H3,(H,27,28). The zero-order valence-corrected chi connectivity index (χ0v) is 17.9. The molecule has 1 amide bonds. The number of aromatic amines is 1. The van der Waals surface area contributed by atoms with Gasteiger partial charge in [-0.1, -0.05) is 30.3 Å². The highest BCUT2D eigenvalue weighted by molar-refractivity contribution is 7.89. The zero-order chi connectivity index (χ0) is 21.6. The average Bonchev–Trinajstić information content (AvgIpc) is 3.34. The summed E-state index contributed by atoms with van der Waals surface area (Å²) in [5, 5.41) is 2.82. The Kier molecular flexibility index (Phi) is 4.79. The Labute approximate surface area is 181 Å². The quantitative estimate of drug-likeness (QED) is 0.545. The van der Waals surface area contributed by atoms with Gasteiger partial charge in [0.25, 0.3) is 5.91 Å². The molecule has 1 atom stereocenters. The highest BCUT2D eigenvalue weighted by atomic mass is 32.2. The molecule has 0 saturated carbocycles. The van der Waals surface area contributed by atoms with Crippen LogP contribution in [0.3, 0.4) is 0 Å². The third kappa shape index (κ3) is 3.49. The van der Waals surface area contributed by atoms with Crippen LogP contribution in [0.15, 0.2) is 59.5 Å². The molecule has 2 aromatic carbocycles. The van der Waals surface area contributed by atoms with Crippen molar-refractivity contribution in [3.63, 3.8) is 0 Å². The smallest absolute Gasteiger partial charge is 0.256 e. The first-order valence-electron chi connectivity index (χ1n) is 10.3. The van der Waals surface area contributed by atoms with E-state index in [2.05, 4.69) is 45.4 Å². The second-order valence-corrected chi connectivity index (χ2v) is 9.83. The molecule has 1 unspecified atom stereocenters. The minimum Gasteiger partial charge on any atom is -0.359 e. The van der Waals surface area contributed by atoms with Gasteiger partial charge in [-0.3, -0.25) is 4.79 Å². The lowest BCUT2D eigenvalue weighted by Gasteiger charge is -2.22. The monoisotopic (exact) mass is 433 g/mol. The summed E-state index contributed by atoms with van der Waals surface area (Å²) in [7, 11) is -2.23. The van der Waals surface area contributed by atoms with Crippen LogP contribution >= 0.6 is 0 Å². The van der Waals surface area contributed by atoms with Crippen molar-refractivity contribution in [1.82, 2.24) is 9.71 Å². The van der Waals surface area contributed by atoms with E-state index in [1.807, 2.05) is 12.1 Å². The molecule has 5 rings (SSSR count). The maximum absolute atomic E-state index is 12.6. The molecular formula is C24H23N3O3S. The van der Waals surface area contributed by atoms with Crippen LogP contribution < -0.4 is 10.0 Å². The normalized spacial score (nSPS) is 19.2. The number of carbonyl (C=O) groups is 1. The molecular weight excluding hydrogens is 410 g/mol. The minimum absolute atomic E-state index is 0.131. The molecule has 0 bridgehead atoms. The van der Waals surface area contributed by atoms with Crippen LogP contribution in [0.1, 0.15) is 46.8 Å². The highest BCUT2D eigenvalue weighted by Gasteiger charge is 2.28. The predicted molar refractivity (Wildman–Crippen MR) is 121 cm³/mol. The van der Waals surface area contributed by atoms with E-state index in [4.69, 9.17) is 0 Å². The lowest BCUT2D eigenvalue weighted by molar-refractivity contribution is -0.110. The van der Waals surface area contributed by atoms with Gasteiger partial charge in [0.05, 0.1) is 10.5 Å². The first-order valence-corrected chi connectivity index (χ1v) is 11.8. The van der Waals surface area contributed by atoms with E-state index in [9.17, 15) is 13.2 Å². The Morgan fingerprint density at radius 2 is 1.90 bits per heavy atom. The Balaban J connectivity index is 1.55. The molecule has 0 radical (unpaired) electrons. The van der Waals surface area contributed by atoms with Gasteiger partial charge in [-0.2, -0.15) is 0 Å². The summed E-state index contributed by atoms with van der Waals surface area (Å²) >= 11 is 0. The summed E-state index contributed by atoms with van der Waals surface area (Å²) in [5.41, 5.74) is 6.29. The maximum Gasteiger partial charge on any atom is 0.256 e. The SMILES string of the molecule is CNS(=O)(=O)c1ccc2c(c1)C(=Cc1cc3c([nH]1)CCCC3c1ccccc1)C(=O)N2. The summed E-state index contributed by atoms with van der Waals surface area (Å²) in [4.78, 5) is 16.2.